The van der Waals surface area contributed by atoms with Crippen molar-refractivity contribution < 1.29 is 4.74 Å². The van der Waals surface area contributed by atoms with Crippen molar-refractivity contribution in [2.45, 2.75) is 0 Å². The van der Waals surface area contributed by atoms with Gasteiger partial charge in [-0.15, -0.1) is 0 Å². The molecule has 0 saturated carbocycles. The average molecular weight is 300 g/mol. The lowest BCUT2D eigenvalue weighted by molar-refractivity contribution is 0.397. The number of nitrogens with zero attached hydrogens (tertiary/aromatic N) is 2. The minimum absolute atomic E-state index is 0.610. The topological polar surface area (TPSA) is 27.1 Å². The first-order chi connectivity index (χ1) is 11.4. The minimum atomic E-state index is 0.610. The fraction of sp³-hybridized carbons (Fsp3) is 0.0500. The van der Waals surface area contributed by atoms with Gasteiger partial charge in [0.1, 0.15) is 5.82 Å². The Labute approximate surface area is 134 Å². The van der Waals surface area contributed by atoms with Crippen LogP contribution in [0, 0.1) is 0 Å². The normalized spacial score (nSPS) is 10.8. The summed E-state index contributed by atoms with van der Waals surface area (Å²) in [4.78, 5) is 4.61. The molecule has 0 aliphatic carbocycles. The number of pyridine rings is 1. The maximum absolute atomic E-state index is 5.29. The van der Waals surface area contributed by atoms with Gasteiger partial charge < -0.3 is 4.74 Å². The smallest absolute Gasteiger partial charge is 0.214 e. The van der Waals surface area contributed by atoms with Gasteiger partial charge in [0.05, 0.1) is 18.3 Å². The van der Waals surface area contributed by atoms with E-state index in [4.69, 9.17) is 4.74 Å². The lowest BCUT2D eigenvalue weighted by atomic mass is 10.1. The quantitative estimate of drug-likeness (QED) is 0.548. The highest BCUT2D eigenvalue weighted by atomic mass is 16.5. The number of benzene rings is 2. The maximum Gasteiger partial charge on any atom is 0.214 e. The SMILES string of the molecule is COc1cccc(-n2c(-c3ccccc3)cc3ccccc32)n1. The summed E-state index contributed by atoms with van der Waals surface area (Å²) in [5, 5.41) is 1.19. The van der Waals surface area contributed by atoms with Crippen LogP contribution >= 0.6 is 0 Å². The van der Waals surface area contributed by atoms with Crippen molar-refractivity contribution in [1.82, 2.24) is 9.55 Å². The molecule has 112 valence electrons. The number of aromatic nitrogens is 2. The molecule has 4 rings (SSSR count). The molecule has 2 aromatic carbocycles. The van der Waals surface area contributed by atoms with Crippen LogP contribution in [0.1, 0.15) is 0 Å². The Balaban J connectivity index is 2.03. The summed E-state index contributed by atoms with van der Waals surface area (Å²) in [6, 6.07) is 26.7. The van der Waals surface area contributed by atoms with E-state index in [1.54, 1.807) is 7.11 Å². The highest BCUT2D eigenvalue weighted by Crippen LogP contribution is 2.31. The van der Waals surface area contributed by atoms with E-state index in [1.807, 2.05) is 30.3 Å². The summed E-state index contributed by atoms with van der Waals surface area (Å²) in [6.07, 6.45) is 0. The molecule has 0 saturated heterocycles. The van der Waals surface area contributed by atoms with Gasteiger partial charge >= 0.3 is 0 Å². The molecule has 0 radical (unpaired) electrons. The van der Waals surface area contributed by atoms with Crippen molar-refractivity contribution in [2.24, 2.45) is 0 Å². The number of hydrogen-bond acceptors (Lipinski definition) is 2. The first kappa shape index (κ1) is 13.6. The first-order valence-corrected chi connectivity index (χ1v) is 7.54. The highest BCUT2D eigenvalue weighted by Gasteiger charge is 2.13. The molecule has 0 unspecified atom stereocenters. The van der Waals surface area contributed by atoms with Crippen LogP contribution in [0.2, 0.25) is 0 Å². The molecule has 3 heteroatoms. The van der Waals surface area contributed by atoms with E-state index in [0.29, 0.717) is 5.88 Å². The average Bonchev–Trinajstić information content (AvgIpc) is 3.02. The molecule has 4 aromatic rings. The third kappa shape index (κ3) is 2.36. The Bertz CT molecular complexity index is 958. The Morgan fingerprint density at radius 3 is 2.43 bits per heavy atom. The van der Waals surface area contributed by atoms with Crippen molar-refractivity contribution in [3.63, 3.8) is 0 Å². The summed E-state index contributed by atoms with van der Waals surface area (Å²) in [5.41, 5.74) is 3.41. The molecule has 0 spiro atoms. The van der Waals surface area contributed by atoms with Gasteiger partial charge in [-0.3, -0.25) is 4.57 Å². The zero-order valence-electron chi connectivity index (χ0n) is 12.8. The number of rotatable bonds is 3. The van der Waals surface area contributed by atoms with Gasteiger partial charge in [0.2, 0.25) is 5.88 Å². The molecule has 0 amide bonds. The molecule has 0 aliphatic rings. The van der Waals surface area contributed by atoms with Crippen LogP contribution in [0.5, 0.6) is 5.88 Å². The van der Waals surface area contributed by atoms with E-state index in [0.717, 1.165) is 22.6 Å². The van der Waals surface area contributed by atoms with Crippen LogP contribution in [0.4, 0.5) is 0 Å². The third-order valence-corrected chi connectivity index (χ3v) is 3.93. The largest absolute Gasteiger partial charge is 0.481 e. The van der Waals surface area contributed by atoms with E-state index < -0.39 is 0 Å². The van der Waals surface area contributed by atoms with Gasteiger partial charge in [0.15, 0.2) is 0 Å². The fourth-order valence-electron chi connectivity index (χ4n) is 2.87. The zero-order chi connectivity index (χ0) is 15.6. The second-order valence-electron chi connectivity index (χ2n) is 5.33. The molecular formula is C20H16N2O. The van der Waals surface area contributed by atoms with E-state index in [2.05, 4.69) is 58.1 Å². The van der Waals surface area contributed by atoms with Crippen molar-refractivity contribution in [1.29, 1.82) is 0 Å². The van der Waals surface area contributed by atoms with Crippen LogP contribution in [0.3, 0.4) is 0 Å². The zero-order valence-corrected chi connectivity index (χ0v) is 12.8. The van der Waals surface area contributed by atoms with Crippen LogP contribution in [0.15, 0.2) is 78.9 Å². The van der Waals surface area contributed by atoms with E-state index >= 15 is 0 Å². The Hall–Kier alpha value is -3.07. The molecule has 2 aromatic heterocycles. The van der Waals surface area contributed by atoms with E-state index in [1.165, 1.54) is 5.39 Å². The lowest BCUT2D eigenvalue weighted by Crippen LogP contribution is -2.00. The predicted octanol–water partition coefficient (Wildman–Crippen LogP) is 4.70. The molecule has 0 atom stereocenters. The lowest BCUT2D eigenvalue weighted by Gasteiger charge is -2.11. The third-order valence-electron chi connectivity index (χ3n) is 3.93. The van der Waals surface area contributed by atoms with Crippen molar-refractivity contribution in [3.05, 3.63) is 78.9 Å². The second-order valence-corrected chi connectivity index (χ2v) is 5.33. The van der Waals surface area contributed by atoms with Crippen molar-refractivity contribution >= 4 is 10.9 Å². The van der Waals surface area contributed by atoms with Crippen LogP contribution in [-0.2, 0) is 0 Å². The van der Waals surface area contributed by atoms with Gasteiger partial charge in [-0.1, -0.05) is 54.6 Å². The van der Waals surface area contributed by atoms with Crippen LogP contribution in [0.25, 0.3) is 28.0 Å². The van der Waals surface area contributed by atoms with E-state index in [-0.39, 0.29) is 0 Å². The summed E-state index contributed by atoms with van der Waals surface area (Å²) >= 11 is 0. The molecule has 23 heavy (non-hydrogen) atoms. The Kier molecular flexibility index (Phi) is 3.31. The van der Waals surface area contributed by atoms with Crippen LogP contribution < -0.4 is 4.74 Å². The van der Waals surface area contributed by atoms with Gasteiger partial charge in [-0.2, -0.15) is 4.98 Å². The first-order valence-electron chi connectivity index (χ1n) is 7.54. The number of para-hydroxylation sites is 1. The van der Waals surface area contributed by atoms with Gasteiger partial charge in [0.25, 0.3) is 0 Å². The molecule has 0 bridgehead atoms. The highest BCUT2D eigenvalue weighted by molar-refractivity contribution is 5.88. The summed E-state index contributed by atoms with van der Waals surface area (Å²) in [6.45, 7) is 0. The molecule has 0 aliphatic heterocycles. The van der Waals surface area contributed by atoms with Crippen LogP contribution in [-0.4, -0.2) is 16.7 Å². The van der Waals surface area contributed by atoms with Crippen molar-refractivity contribution in [2.75, 3.05) is 7.11 Å². The van der Waals surface area contributed by atoms with Gasteiger partial charge in [0, 0.05) is 11.5 Å². The minimum Gasteiger partial charge on any atom is -0.481 e. The molecular weight excluding hydrogens is 284 g/mol. The summed E-state index contributed by atoms with van der Waals surface area (Å²) < 4.78 is 7.46. The van der Waals surface area contributed by atoms with Gasteiger partial charge in [-0.05, 0) is 23.8 Å². The number of hydrogen-bond donors (Lipinski definition) is 0. The molecule has 3 nitrogen and oxygen atoms in total. The summed E-state index contributed by atoms with van der Waals surface area (Å²) in [5.74, 6) is 1.46. The molecule has 0 fully saturated rings. The Morgan fingerprint density at radius 1 is 0.826 bits per heavy atom. The molecule has 2 heterocycles. The van der Waals surface area contributed by atoms with Gasteiger partial charge in [-0.25, -0.2) is 0 Å². The monoisotopic (exact) mass is 300 g/mol. The van der Waals surface area contributed by atoms with E-state index in [9.17, 15) is 0 Å². The number of ether oxygens (including phenoxy) is 1. The Morgan fingerprint density at radius 2 is 1.61 bits per heavy atom. The van der Waals surface area contributed by atoms with Crippen molar-refractivity contribution in [3.8, 4) is 23.0 Å². The standard InChI is InChI=1S/C20H16N2O/c1-23-20-13-7-12-19(21-20)22-17-11-6-5-10-16(17)14-18(22)15-8-3-2-4-9-15/h2-14H,1H3. The summed E-state index contributed by atoms with van der Waals surface area (Å²) in [7, 11) is 1.64. The predicted molar refractivity (Wildman–Crippen MR) is 93.1 cm³/mol. The number of methoxy groups -OCH3 is 1. The molecule has 0 N–H and O–H groups in total. The number of fused-ring (bicyclic) bond motifs is 1. The maximum atomic E-state index is 5.29. The second kappa shape index (κ2) is 5.61. The fourth-order valence-corrected chi connectivity index (χ4v) is 2.87.